The summed E-state index contributed by atoms with van der Waals surface area (Å²) in [5.41, 5.74) is 11.1. The molecule has 0 fully saturated rings. The number of aromatic nitrogens is 1. The van der Waals surface area contributed by atoms with Crippen LogP contribution in [0.15, 0.2) is 192 Å². The summed E-state index contributed by atoms with van der Waals surface area (Å²) in [6, 6.07) is 63.4. The second-order valence-electron chi connectivity index (χ2n) is 13.9. The third-order valence-electron chi connectivity index (χ3n) is 10.2. The van der Waals surface area contributed by atoms with Gasteiger partial charge in [-0.05, 0) is 76.6 Å². The van der Waals surface area contributed by atoms with Crippen LogP contribution in [0, 0.1) is 0 Å². The topological polar surface area (TPSA) is 56.1 Å². The number of pyridine rings is 1. The minimum absolute atomic E-state index is 0.0443. The van der Waals surface area contributed by atoms with Crippen molar-refractivity contribution in [1.29, 1.82) is 0 Å². The van der Waals surface area contributed by atoms with Crippen molar-refractivity contribution < 1.29 is 22.4 Å². The first kappa shape index (κ1) is 40.7. The van der Waals surface area contributed by atoms with Crippen LogP contribution >= 0.6 is 20.3 Å². The Balaban J connectivity index is 0.00000166. The van der Waals surface area contributed by atoms with Crippen LogP contribution in [0.2, 0.25) is 0 Å². The molecule has 0 bridgehead atoms. The summed E-state index contributed by atoms with van der Waals surface area (Å²) >= 11 is 0.382. The second kappa shape index (κ2) is 20.3. The third-order valence-corrected chi connectivity index (χ3v) is 10.2. The van der Waals surface area contributed by atoms with Gasteiger partial charge in [0.1, 0.15) is 18.1 Å². The van der Waals surface area contributed by atoms with E-state index in [0.717, 1.165) is 40.4 Å². The summed E-state index contributed by atoms with van der Waals surface area (Å²) in [5, 5.41) is 0. The molecule has 1 aliphatic rings. The van der Waals surface area contributed by atoms with E-state index in [9.17, 15) is 0 Å². The Morgan fingerprint density at radius 3 is 1.57 bits per heavy atom. The summed E-state index contributed by atoms with van der Waals surface area (Å²) in [6.07, 6.45) is 0.821. The Bertz CT molecular complexity index is 2250. The van der Waals surface area contributed by atoms with Crippen LogP contribution in [0.25, 0.3) is 0 Å². The zero-order valence-corrected chi connectivity index (χ0v) is 34.8. The van der Waals surface area contributed by atoms with Gasteiger partial charge in [-0.25, -0.2) is 9.98 Å². The fraction of sp³-hybridized carbons (Fsp3) is 0.140. The average molecular weight is 848 g/mol. The van der Waals surface area contributed by atoms with E-state index in [-0.39, 0.29) is 17.9 Å². The van der Waals surface area contributed by atoms with Gasteiger partial charge in [0, 0.05) is 11.8 Å². The van der Waals surface area contributed by atoms with Crippen LogP contribution in [0.4, 0.5) is 5.69 Å². The number of halogens is 2. The number of benzene rings is 6. The van der Waals surface area contributed by atoms with Gasteiger partial charge in [0.2, 0.25) is 5.90 Å². The van der Waals surface area contributed by atoms with Gasteiger partial charge in [0.15, 0.2) is 0 Å². The van der Waals surface area contributed by atoms with Crippen LogP contribution in [0.5, 0.6) is 5.75 Å². The molecule has 0 N–H and O–H groups in total. The van der Waals surface area contributed by atoms with E-state index in [1.165, 1.54) is 27.8 Å². The Morgan fingerprint density at radius 2 is 1.12 bits per heavy atom. The summed E-state index contributed by atoms with van der Waals surface area (Å²) in [7, 11) is 11.2. The summed E-state index contributed by atoms with van der Waals surface area (Å²) < 4.78 is 12.2. The molecule has 0 saturated carbocycles. The van der Waals surface area contributed by atoms with Crippen molar-refractivity contribution in [2.24, 2.45) is 9.98 Å². The average Bonchev–Trinajstić information content (AvgIpc) is 3.75. The molecule has 8 rings (SSSR count). The van der Waals surface area contributed by atoms with Crippen LogP contribution in [0.1, 0.15) is 69.1 Å². The van der Waals surface area contributed by atoms with Crippen LogP contribution in [0.3, 0.4) is 0 Å². The molecule has 5 nitrogen and oxygen atoms in total. The number of ether oxygens (including phenoxy) is 2. The Morgan fingerprint density at radius 1 is 0.672 bits per heavy atom. The number of methoxy groups -OCH3 is 1. The molecule has 0 aliphatic carbocycles. The predicted octanol–water partition coefficient (Wildman–Crippen LogP) is 12.4. The number of rotatable bonds is 12. The Labute approximate surface area is 356 Å². The first-order chi connectivity index (χ1) is 28.6. The predicted molar refractivity (Wildman–Crippen MR) is 235 cm³/mol. The molecule has 58 heavy (non-hydrogen) atoms. The molecular formula is C50H43Cl2CoN3O2. The number of aliphatic imine (C=N–C) groups is 2. The van der Waals surface area contributed by atoms with E-state index < -0.39 is 0 Å². The van der Waals surface area contributed by atoms with Gasteiger partial charge >= 0.3 is 33.2 Å². The van der Waals surface area contributed by atoms with Crippen LogP contribution < -0.4 is 4.74 Å². The van der Waals surface area contributed by atoms with Gasteiger partial charge in [-0.2, -0.15) is 0 Å². The van der Waals surface area contributed by atoms with Gasteiger partial charge in [0.25, 0.3) is 0 Å². The minimum atomic E-state index is -0.128. The quantitative estimate of drug-likeness (QED) is 0.0909. The molecule has 2 heterocycles. The molecule has 1 aromatic heterocycles. The van der Waals surface area contributed by atoms with E-state index in [0.29, 0.717) is 31.1 Å². The van der Waals surface area contributed by atoms with Crippen molar-refractivity contribution in [2.45, 2.75) is 31.2 Å². The summed E-state index contributed by atoms with van der Waals surface area (Å²) in [6.45, 7) is 2.57. The maximum atomic E-state index is 6.13. The first-order valence-corrected chi connectivity index (χ1v) is 22.0. The molecule has 8 heteroatoms. The monoisotopic (exact) mass is 846 g/mol. The Kier molecular flexibility index (Phi) is 14.2. The maximum absolute atomic E-state index is 6.13. The standard InChI is InChI=1S/C50H43N3O2.2ClH.Co/c1-35(45-29-18-30-46(53-45)50-52-41(34-55-50)31-36-19-8-3-9-20-36)51-49-43(47(37-21-10-4-11-22-37)38-23-12-5-13-24-38)32-42(54-2)33-44(49)48(39-25-14-6-15-26-39)40-27-16-7-17-28-40;;;/h3-30,32-33,41,47-48H,31,34H2,1-2H3;2*1H;/q;;;+2/p-2/t41-;;;/m0.../s1. The van der Waals surface area contributed by atoms with Crippen molar-refractivity contribution in [3.05, 3.63) is 232 Å². The number of hydrogen-bond acceptors (Lipinski definition) is 5. The van der Waals surface area contributed by atoms with Crippen molar-refractivity contribution >= 4 is 37.6 Å². The fourth-order valence-electron chi connectivity index (χ4n) is 7.55. The molecule has 6 aromatic carbocycles. The molecule has 0 spiro atoms. The number of hydrogen-bond donors (Lipinski definition) is 0. The molecule has 1 aliphatic heterocycles. The van der Waals surface area contributed by atoms with Crippen molar-refractivity contribution in [2.75, 3.05) is 13.7 Å². The zero-order valence-electron chi connectivity index (χ0n) is 32.2. The van der Waals surface area contributed by atoms with Crippen molar-refractivity contribution in [1.82, 2.24) is 4.98 Å². The van der Waals surface area contributed by atoms with E-state index in [4.69, 9.17) is 44.7 Å². The molecule has 0 saturated heterocycles. The van der Waals surface area contributed by atoms with Crippen LogP contribution in [-0.2, 0) is 24.1 Å². The van der Waals surface area contributed by atoms with Crippen LogP contribution in [-0.4, -0.2) is 36.4 Å². The van der Waals surface area contributed by atoms with Gasteiger partial charge in [-0.1, -0.05) is 158 Å². The zero-order chi connectivity index (χ0) is 40.1. The molecule has 7 aromatic rings. The molecule has 0 radical (unpaired) electrons. The van der Waals surface area contributed by atoms with E-state index >= 15 is 0 Å². The number of nitrogens with zero attached hydrogens (tertiary/aromatic N) is 3. The fourth-order valence-corrected chi connectivity index (χ4v) is 7.55. The van der Waals surface area contributed by atoms with Gasteiger partial charge < -0.3 is 9.47 Å². The molecule has 0 amide bonds. The van der Waals surface area contributed by atoms with Gasteiger partial charge in [0.05, 0.1) is 30.2 Å². The first-order valence-electron chi connectivity index (χ1n) is 19.1. The molecular weight excluding hydrogens is 804 g/mol. The summed E-state index contributed by atoms with van der Waals surface area (Å²) in [5.74, 6) is 1.09. The molecule has 1 atom stereocenters. The Hall–Kier alpha value is -5.50. The molecule has 293 valence electrons. The van der Waals surface area contributed by atoms with Crippen molar-refractivity contribution in [3.63, 3.8) is 0 Å². The van der Waals surface area contributed by atoms with E-state index in [2.05, 4.69) is 158 Å². The van der Waals surface area contributed by atoms with Crippen molar-refractivity contribution in [3.8, 4) is 5.75 Å². The van der Waals surface area contributed by atoms with E-state index in [1.54, 1.807) is 7.11 Å². The third kappa shape index (κ3) is 9.95. The molecule has 0 unspecified atom stereocenters. The van der Waals surface area contributed by atoms with Gasteiger partial charge in [-0.3, -0.25) is 4.99 Å². The normalized spacial score (nSPS) is 13.8. The van der Waals surface area contributed by atoms with E-state index in [1.807, 2.05) is 31.2 Å². The second-order valence-corrected chi connectivity index (χ2v) is 15.6. The SMILES string of the molecule is COc1cc(C(c2ccccc2)c2ccccc2)c(N=C(C)c2cccc(C3=N[C@@H](Cc4ccccc4)CO3)n2)c(C(c2ccccc2)c2ccccc2)c1.[Cl][Co][Cl]. The summed E-state index contributed by atoms with van der Waals surface area (Å²) in [4.78, 5) is 15.6. The van der Waals surface area contributed by atoms with Gasteiger partial charge in [-0.15, -0.1) is 0 Å².